The minimum Gasteiger partial charge on any atom is -0.472 e. The molecular weight excluding hydrogens is 320 g/mol. The summed E-state index contributed by atoms with van der Waals surface area (Å²) in [5.74, 6) is 0.0197. The van der Waals surface area contributed by atoms with Crippen molar-refractivity contribution in [1.82, 2.24) is 0 Å². The summed E-state index contributed by atoms with van der Waals surface area (Å²) in [6.45, 7) is 4.63. The summed E-state index contributed by atoms with van der Waals surface area (Å²) >= 11 is 0. The molecule has 0 amide bonds. The van der Waals surface area contributed by atoms with E-state index in [4.69, 9.17) is 18.6 Å². The van der Waals surface area contributed by atoms with Crippen LogP contribution in [-0.4, -0.2) is 18.4 Å². The molecule has 0 aliphatic carbocycles. The molecule has 5 rings (SSSR count). The molecule has 0 N–H and O–H groups in total. The van der Waals surface area contributed by atoms with Crippen molar-refractivity contribution in [2.75, 3.05) is 0 Å². The van der Waals surface area contributed by atoms with Gasteiger partial charge in [0.05, 0.1) is 35.7 Å². The van der Waals surface area contributed by atoms with Crippen molar-refractivity contribution in [3.63, 3.8) is 0 Å². The Labute approximate surface area is 145 Å². The average Bonchev–Trinajstić information content (AvgIpc) is 3.36. The molecule has 0 radical (unpaired) electrons. The number of hydrogen-bond donors (Lipinski definition) is 0. The molecule has 0 bridgehead atoms. The van der Waals surface area contributed by atoms with Crippen molar-refractivity contribution in [1.29, 1.82) is 0 Å². The molecule has 2 fully saturated rings. The summed E-state index contributed by atoms with van der Waals surface area (Å²) < 4.78 is 23.0. The topological polar surface area (TPSA) is 57.9 Å². The van der Waals surface area contributed by atoms with E-state index < -0.39 is 0 Å². The van der Waals surface area contributed by atoms with Crippen LogP contribution in [0.25, 0.3) is 0 Å². The van der Waals surface area contributed by atoms with E-state index in [0.29, 0.717) is 12.2 Å². The van der Waals surface area contributed by atoms with Gasteiger partial charge in [0.25, 0.3) is 0 Å². The molecule has 130 valence electrons. The monoisotopic (exact) mass is 340 g/mol. The van der Waals surface area contributed by atoms with Crippen molar-refractivity contribution < 1.29 is 23.4 Å². The van der Waals surface area contributed by atoms with Crippen LogP contribution in [0.15, 0.2) is 41.2 Å². The zero-order valence-electron chi connectivity index (χ0n) is 14.2. The highest BCUT2D eigenvalue weighted by molar-refractivity contribution is 5.93. The quantitative estimate of drug-likeness (QED) is 0.780. The standard InChI is InChI=1S/C20H20O5/c1-11-12(2)24-19-20(11,8-17(25-19)13-6-7-22-9-13)16-5-3-4-14-15(16)10-23-18(14)21/h3-7,9,11-12,17,19H,8,10H2,1-2H3/t11-,12+,17-,19-,20-/m1/s1. The van der Waals surface area contributed by atoms with Crippen LogP contribution in [0, 0.1) is 5.92 Å². The molecule has 1 aromatic carbocycles. The van der Waals surface area contributed by atoms with Gasteiger partial charge in [-0.25, -0.2) is 4.79 Å². The number of carbonyl (C=O) groups excluding carboxylic acids is 1. The van der Waals surface area contributed by atoms with Crippen molar-refractivity contribution >= 4 is 5.97 Å². The van der Waals surface area contributed by atoms with Gasteiger partial charge in [0, 0.05) is 11.1 Å². The maximum Gasteiger partial charge on any atom is 0.338 e. The predicted molar refractivity (Wildman–Crippen MR) is 87.9 cm³/mol. The van der Waals surface area contributed by atoms with E-state index in [9.17, 15) is 4.79 Å². The van der Waals surface area contributed by atoms with Crippen LogP contribution in [-0.2, 0) is 26.2 Å². The van der Waals surface area contributed by atoms with Crippen LogP contribution in [0.4, 0.5) is 0 Å². The maximum absolute atomic E-state index is 12.0. The molecule has 1 aromatic heterocycles. The van der Waals surface area contributed by atoms with E-state index >= 15 is 0 Å². The van der Waals surface area contributed by atoms with Gasteiger partial charge in [-0.3, -0.25) is 0 Å². The van der Waals surface area contributed by atoms with Gasteiger partial charge in [-0.1, -0.05) is 19.1 Å². The number of ether oxygens (including phenoxy) is 3. The molecule has 5 heteroatoms. The Hall–Kier alpha value is -2.11. The van der Waals surface area contributed by atoms with Crippen LogP contribution in [0.2, 0.25) is 0 Å². The third-order valence-electron chi connectivity index (χ3n) is 6.25. The summed E-state index contributed by atoms with van der Waals surface area (Å²) in [6, 6.07) is 7.82. The molecule has 2 saturated heterocycles. The Morgan fingerprint density at radius 2 is 2.04 bits per heavy atom. The lowest BCUT2D eigenvalue weighted by Gasteiger charge is -2.33. The Morgan fingerprint density at radius 1 is 1.16 bits per heavy atom. The molecule has 3 aliphatic rings. The fourth-order valence-electron chi connectivity index (χ4n) is 4.73. The number of rotatable bonds is 2. The van der Waals surface area contributed by atoms with Gasteiger partial charge in [-0.05, 0) is 37.0 Å². The number of fused-ring (bicyclic) bond motifs is 2. The van der Waals surface area contributed by atoms with Crippen LogP contribution < -0.4 is 0 Å². The third kappa shape index (κ3) is 1.94. The molecule has 5 nitrogen and oxygen atoms in total. The summed E-state index contributed by atoms with van der Waals surface area (Å²) in [4.78, 5) is 12.0. The molecule has 2 aromatic rings. The summed E-state index contributed by atoms with van der Waals surface area (Å²) in [5, 5.41) is 0. The van der Waals surface area contributed by atoms with Crippen LogP contribution in [0.3, 0.4) is 0 Å². The first-order valence-electron chi connectivity index (χ1n) is 8.74. The summed E-state index contributed by atoms with van der Waals surface area (Å²) in [6.07, 6.45) is 3.87. The van der Waals surface area contributed by atoms with E-state index in [-0.39, 0.29) is 35.8 Å². The minimum absolute atomic E-state index is 0.0763. The average molecular weight is 340 g/mol. The smallest absolute Gasteiger partial charge is 0.338 e. The van der Waals surface area contributed by atoms with E-state index in [1.165, 1.54) is 0 Å². The SMILES string of the molecule is C[C@@H]1O[C@@H]2O[C@@H](c3ccoc3)C[C@]2(c2cccc3c2COC3=O)[C@@H]1C. The molecule has 5 atom stereocenters. The summed E-state index contributed by atoms with van der Waals surface area (Å²) in [5.41, 5.74) is 3.52. The highest BCUT2D eigenvalue weighted by atomic mass is 16.7. The first kappa shape index (κ1) is 15.2. The van der Waals surface area contributed by atoms with E-state index in [1.54, 1.807) is 12.5 Å². The lowest BCUT2D eigenvalue weighted by atomic mass is 9.66. The first-order chi connectivity index (χ1) is 12.1. The van der Waals surface area contributed by atoms with E-state index in [1.807, 2.05) is 18.2 Å². The Balaban J connectivity index is 1.65. The van der Waals surface area contributed by atoms with Gasteiger partial charge in [-0.2, -0.15) is 0 Å². The Morgan fingerprint density at radius 3 is 2.84 bits per heavy atom. The lowest BCUT2D eigenvalue weighted by Crippen LogP contribution is -2.37. The second kappa shape index (κ2) is 5.19. The normalized spacial score (nSPS) is 36.3. The molecule has 3 aliphatic heterocycles. The van der Waals surface area contributed by atoms with Crippen molar-refractivity contribution in [2.24, 2.45) is 5.92 Å². The number of furan rings is 1. The van der Waals surface area contributed by atoms with E-state index in [2.05, 4.69) is 19.9 Å². The number of carbonyl (C=O) groups is 1. The third-order valence-corrected chi connectivity index (χ3v) is 6.25. The van der Waals surface area contributed by atoms with Gasteiger partial charge in [0.1, 0.15) is 6.61 Å². The molecule has 0 spiro atoms. The number of benzene rings is 1. The van der Waals surface area contributed by atoms with Gasteiger partial charge in [0.15, 0.2) is 6.29 Å². The summed E-state index contributed by atoms with van der Waals surface area (Å²) in [7, 11) is 0. The second-order valence-corrected chi connectivity index (χ2v) is 7.30. The van der Waals surface area contributed by atoms with E-state index in [0.717, 1.165) is 23.1 Å². The Bertz CT molecular complexity index is 827. The maximum atomic E-state index is 12.0. The zero-order chi connectivity index (χ0) is 17.2. The van der Waals surface area contributed by atoms with Crippen LogP contribution in [0.5, 0.6) is 0 Å². The number of hydrogen-bond acceptors (Lipinski definition) is 5. The highest BCUT2D eigenvalue weighted by Crippen LogP contribution is 2.58. The van der Waals surface area contributed by atoms with Crippen molar-refractivity contribution in [2.45, 2.75) is 50.8 Å². The molecule has 0 saturated carbocycles. The second-order valence-electron chi connectivity index (χ2n) is 7.30. The van der Waals surface area contributed by atoms with Gasteiger partial charge in [-0.15, -0.1) is 0 Å². The van der Waals surface area contributed by atoms with Gasteiger partial charge < -0.3 is 18.6 Å². The Kier molecular flexibility index (Phi) is 3.15. The van der Waals surface area contributed by atoms with Gasteiger partial charge in [0.2, 0.25) is 0 Å². The number of cyclic esters (lactones) is 1. The minimum atomic E-state index is -0.334. The molecular formula is C20H20O5. The first-order valence-corrected chi connectivity index (χ1v) is 8.74. The van der Waals surface area contributed by atoms with Crippen molar-refractivity contribution in [3.8, 4) is 0 Å². The van der Waals surface area contributed by atoms with Crippen LogP contribution in [0.1, 0.15) is 53.4 Å². The van der Waals surface area contributed by atoms with Crippen LogP contribution >= 0.6 is 0 Å². The fourth-order valence-corrected chi connectivity index (χ4v) is 4.73. The molecule has 25 heavy (non-hydrogen) atoms. The largest absolute Gasteiger partial charge is 0.472 e. The molecule has 4 heterocycles. The fraction of sp³-hybridized carbons (Fsp3) is 0.450. The lowest BCUT2D eigenvalue weighted by molar-refractivity contribution is -0.140. The predicted octanol–water partition coefficient (Wildman–Crippen LogP) is 3.73. The zero-order valence-corrected chi connectivity index (χ0v) is 14.2. The molecule has 0 unspecified atom stereocenters. The van der Waals surface area contributed by atoms with Gasteiger partial charge >= 0.3 is 5.97 Å². The number of esters is 1. The highest BCUT2D eigenvalue weighted by Gasteiger charge is 2.61. The van der Waals surface area contributed by atoms with Crippen molar-refractivity contribution in [3.05, 3.63) is 59.0 Å².